The second-order valence-electron chi connectivity index (χ2n) is 9.68. The molecule has 1 aliphatic heterocycles. The minimum Gasteiger partial charge on any atom is -0.256 e. The number of rotatable bonds is 3. The molecule has 1 N–H and O–H groups in total. The van der Waals surface area contributed by atoms with E-state index in [0.717, 1.165) is 35.6 Å². The summed E-state index contributed by atoms with van der Waals surface area (Å²) in [7, 11) is -3.17. The highest BCUT2D eigenvalue weighted by Crippen LogP contribution is 2.50. The number of sulfonamides is 1. The number of aromatic nitrogens is 1. The highest BCUT2D eigenvalue weighted by Gasteiger charge is 2.50. The third-order valence-corrected chi connectivity index (χ3v) is 9.01. The Labute approximate surface area is 184 Å². The third-order valence-electron chi connectivity index (χ3n) is 7.51. The summed E-state index contributed by atoms with van der Waals surface area (Å²) in [6.07, 6.45) is 10.6. The maximum absolute atomic E-state index is 13.5. The van der Waals surface area contributed by atoms with Gasteiger partial charge in [-0.1, -0.05) is 37.6 Å². The van der Waals surface area contributed by atoms with Crippen molar-refractivity contribution >= 4 is 16.1 Å². The van der Waals surface area contributed by atoms with Crippen LogP contribution in [0.4, 0.5) is 4.39 Å². The maximum Gasteiger partial charge on any atom is 0.212 e. The van der Waals surface area contributed by atoms with Crippen molar-refractivity contribution in [3.05, 3.63) is 60.2 Å². The lowest BCUT2D eigenvalue weighted by atomic mass is 9.59. The smallest absolute Gasteiger partial charge is 0.212 e. The number of nitrogens with one attached hydrogen (secondary N) is 1. The van der Waals surface area contributed by atoms with Crippen LogP contribution in [0, 0.1) is 35.4 Å². The van der Waals surface area contributed by atoms with Gasteiger partial charge in [-0.05, 0) is 78.7 Å². The fourth-order valence-electron chi connectivity index (χ4n) is 6.11. The van der Waals surface area contributed by atoms with Crippen LogP contribution in [-0.2, 0) is 10.0 Å². The molecule has 5 rings (SSSR count). The van der Waals surface area contributed by atoms with Gasteiger partial charge in [0.2, 0.25) is 10.0 Å². The highest BCUT2D eigenvalue weighted by atomic mass is 32.2. The van der Waals surface area contributed by atoms with Crippen LogP contribution in [0.3, 0.4) is 0 Å². The number of benzene rings is 1. The van der Waals surface area contributed by atoms with Gasteiger partial charge in [0.15, 0.2) is 0 Å². The molecule has 6 atom stereocenters. The topological polar surface area (TPSA) is 59.1 Å². The molecule has 31 heavy (non-hydrogen) atoms. The normalized spacial score (nSPS) is 34.4. The van der Waals surface area contributed by atoms with Crippen molar-refractivity contribution in [2.45, 2.75) is 38.6 Å². The molecule has 2 aromatic rings. The molecule has 0 unspecified atom stereocenters. The van der Waals surface area contributed by atoms with E-state index in [1.54, 1.807) is 12.3 Å². The Morgan fingerprint density at radius 3 is 2.74 bits per heavy atom. The zero-order chi connectivity index (χ0) is 21.6. The summed E-state index contributed by atoms with van der Waals surface area (Å²) in [4.78, 5) is 4.55. The van der Waals surface area contributed by atoms with Gasteiger partial charge in [-0.2, -0.15) is 0 Å². The molecule has 1 aromatic carbocycles. The molecule has 2 heterocycles. The first kappa shape index (κ1) is 20.8. The summed E-state index contributed by atoms with van der Waals surface area (Å²) < 4.78 is 41.1. The van der Waals surface area contributed by atoms with Gasteiger partial charge in [0.05, 0.1) is 11.4 Å². The van der Waals surface area contributed by atoms with Crippen molar-refractivity contribution < 1.29 is 12.8 Å². The van der Waals surface area contributed by atoms with Crippen LogP contribution < -0.4 is 4.72 Å². The molecule has 0 bridgehead atoms. The zero-order valence-corrected chi connectivity index (χ0v) is 18.6. The monoisotopic (exact) mass is 440 g/mol. The lowest BCUT2D eigenvalue weighted by Gasteiger charge is -2.47. The Bertz CT molecular complexity index is 1080. The Hall–Kier alpha value is -2.05. The molecule has 0 spiro atoms. The first-order valence-electron chi connectivity index (χ1n) is 11.3. The van der Waals surface area contributed by atoms with Crippen molar-refractivity contribution in [2.75, 3.05) is 5.75 Å². The molecule has 0 amide bonds. The van der Waals surface area contributed by atoms with Crippen LogP contribution in [0.1, 0.15) is 38.3 Å². The quantitative estimate of drug-likeness (QED) is 0.739. The minimum absolute atomic E-state index is 0.00229. The number of pyridine rings is 1. The molecule has 3 fully saturated rings. The third kappa shape index (κ3) is 4.33. The summed E-state index contributed by atoms with van der Waals surface area (Å²) in [5, 5.41) is 0. The second kappa shape index (κ2) is 8.14. The first-order chi connectivity index (χ1) is 14.9. The average Bonchev–Trinajstić information content (AvgIpc) is 3.05. The zero-order valence-electron chi connectivity index (χ0n) is 17.7. The molecule has 4 nitrogen and oxygen atoms in total. The van der Waals surface area contributed by atoms with E-state index in [4.69, 9.17) is 0 Å². The van der Waals surface area contributed by atoms with E-state index in [2.05, 4.69) is 22.7 Å². The first-order valence-corrected chi connectivity index (χ1v) is 12.9. The van der Waals surface area contributed by atoms with Gasteiger partial charge in [0.1, 0.15) is 5.82 Å². The molecule has 164 valence electrons. The highest BCUT2D eigenvalue weighted by molar-refractivity contribution is 7.89. The number of fused-ring (bicyclic) bond motifs is 2. The Morgan fingerprint density at radius 2 is 1.97 bits per heavy atom. The van der Waals surface area contributed by atoms with Crippen LogP contribution in [0.15, 0.2) is 48.7 Å². The van der Waals surface area contributed by atoms with Crippen molar-refractivity contribution in [2.24, 2.45) is 29.6 Å². The number of nitrogens with zero attached hydrogens (tertiary/aromatic N) is 1. The van der Waals surface area contributed by atoms with E-state index < -0.39 is 10.0 Å². The van der Waals surface area contributed by atoms with E-state index in [1.165, 1.54) is 25.0 Å². The van der Waals surface area contributed by atoms with Gasteiger partial charge in [-0.3, -0.25) is 4.98 Å². The molecule has 1 saturated heterocycles. The second-order valence-corrected chi connectivity index (χ2v) is 11.5. The van der Waals surface area contributed by atoms with Crippen LogP contribution in [0.25, 0.3) is 17.2 Å². The van der Waals surface area contributed by atoms with E-state index in [1.807, 2.05) is 24.3 Å². The fourth-order valence-corrected chi connectivity index (χ4v) is 7.88. The Balaban J connectivity index is 1.39. The SMILES string of the molecule is C[C@@H]1CC[C@@H]2[C@@H](C1)C[C@H]1CS(=O)(=O)N[C@H]1[C@H]2/C=C/c1ccc(-c2cccc(F)c2)cn1. The van der Waals surface area contributed by atoms with E-state index >= 15 is 0 Å². The summed E-state index contributed by atoms with van der Waals surface area (Å²) in [5.41, 5.74) is 2.51. The van der Waals surface area contributed by atoms with Crippen molar-refractivity contribution in [1.82, 2.24) is 9.71 Å². The van der Waals surface area contributed by atoms with Crippen molar-refractivity contribution in [3.63, 3.8) is 0 Å². The van der Waals surface area contributed by atoms with Gasteiger partial charge in [0.25, 0.3) is 0 Å². The Kier molecular flexibility index (Phi) is 5.47. The molecule has 2 aliphatic carbocycles. The molecular formula is C25H29FN2O2S. The van der Waals surface area contributed by atoms with Gasteiger partial charge < -0.3 is 0 Å². The standard InChI is InChI=1S/C25H29FN2O2S/c1-16-5-9-23-19(11-16)12-20-15-31(29,30)28-25(20)24(23)10-8-22-7-6-18(14-27-22)17-3-2-4-21(26)13-17/h2-4,6-8,10,13-14,16,19-20,23-25,28H,5,9,11-12,15H2,1H3/b10-8+/t16-,19+,20+,23-,24+,25-/m1/s1. The van der Waals surface area contributed by atoms with E-state index in [0.29, 0.717) is 11.8 Å². The lowest BCUT2D eigenvalue weighted by molar-refractivity contribution is 0.0599. The molecule has 1 aromatic heterocycles. The minimum atomic E-state index is -3.17. The van der Waals surface area contributed by atoms with E-state index in [9.17, 15) is 12.8 Å². The van der Waals surface area contributed by atoms with Crippen molar-refractivity contribution in [1.29, 1.82) is 0 Å². The summed E-state index contributed by atoms with van der Waals surface area (Å²) in [6, 6.07) is 10.4. The van der Waals surface area contributed by atoms with Crippen LogP contribution in [0.5, 0.6) is 0 Å². The molecule has 0 radical (unpaired) electrons. The van der Waals surface area contributed by atoms with Crippen LogP contribution >= 0.6 is 0 Å². The molecule has 6 heteroatoms. The summed E-state index contributed by atoms with van der Waals surface area (Å²) in [5.74, 6) is 2.28. The van der Waals surface area contributed by atoms with Gasteiger partial charge in [-0.25, -0.2) is 17.5 Å². The van der Waals surface area contributed by atoms with Crippen LogP contribution in [-0.4, -0.2) is 25.2 Å². The van der Waals surface area contributed by atoms with E-state index in [-0.39, 0.29) is 29.4 Å². The molecule has 2 saturated carbocycles. The number of hydrogen-bond acceptors (Lipinski definition) is 3. The van der Waals surface area contributed by atoms with Gasteiger partial charge in [0, 0.05) is 17.8 Å². The van der Waals surface area contributed by atoms with Gasteiger partial charge >= 0.3 is 0 Å². The summed E-state index contributed by atoms with van der Waals surface area (Å²) in [6.45, 7) is 2.32. The maximum atomic E-state index is 13.5. The largest absolute Gasteiger partial charge is 0.256 e. The summed E-state index contributed by atoms with van der Waals surface area (Å²) >= 11 is 0. The molecular weight excluding hydrogens is 411 g/mol. The molecule has 3 aliphatic rings. The predicted octanol–water partition coefficient (Wildman–Crippen LogP) is 4.89. The lowest BCUT2D eigenvalue weighted by Crippen LogP contribution is -2.48. The van der Waals surface area contributed by atoms with Crippen molar-refractivity contribution in [3.8, 4) is 11.1 Å². The van der Waals surface area contributed by atoms with Gasteiger partial charge in [-0.15, -0.1) is 0 Å². The average molecular weight is 441 g/mol. The predicted molar refractivity (Wildman–Crippen MR) is 121 cm³/mol. The fraction of sp³-hybridized carbons (Fsp3) is 0.480. The number of hydrogen-bond donors (Lipinski definition) is 1. The number of halogens is 1. The van der Waals surface area contributed by atoms with Crippen LogP contribution in [0.2, 0.25) is 0 Å². The Morgan fingerprint density at radius 1 is 1.10 bits per heavy atom.